The summed E-state index contributed by atoms with van der Waals surface area (Å²) in [5.74, 6) is -1.20. The molecule has 0 bridgehead atoms. The van der Waals surface area contributed by atoms with E-state index in [1.165, 1.54) is 49.7 Å². The lowest BCUT2D eigenvalue weighted by molar-refractivity contribution is -0.117. The predicted molar refractivity (Wildman–Crippen MR) is 118 cm³/mol. The lowest BCUT2D eigenvalue weighted by Gasteiger charge is -2.29. The Morgan fingerprint density at radius 1 is 1.39 bits per heavy atom. The van der Waals surface area contributed by atoms with E-state index in [1.54, 1.807) is 0 Å². The van der Waals surface area contributed by atoms with Gasteiger partial charge in [-0.15, -0.1) is 0 Å². The number of carbonyl (C=O) groups excluding carboxylic acids is 1. The van der Waals surface area contributed by atoms with Crippen molar-refractivity contribution >= 4 is 24.1 Å². The van der Waals surface area contributed by atoms with Crippen LogP contribution >= 0.6 is 0 Å². The van der Waals surface area contributed by atoms with Gasteiger partial charge in [0.1, 0.15) is 23.5 Å². The molecule has 0 spiro atoms. The molecule has 2 aromatic rings. The van der Waals surface area contributed by atoms with Gasteiger partial charge in [0, 0.05) is 31.6 Å². The minimum atomic E-state index is -1.07. The van der Waals surface area contributed by atoms with Crippen LogP contribution < -0.4 is 21.5 Å². The van der Waals surface area contributed by atoms with Gasteiger partial charge in [0.25, 0.3) is 11.5 Å². The summed E-state index contributed by atoms with van der Waals surface area (Å²) in [6.45, 7) is 4.90. The number of amides is 1. The van der Waals surface area contributed by atoms with Crippen molar-refractivity contribution < 1.29 is 13.6 Å². The Balaban J connectivity index is 1.63. The van der Waals surface area contributed by atoms with E-state index in [1.807, 2.05) is 0 Å². The van der Waals surface area contributed by atoms with Crippen LogP contribution in [0, 0.1) is 11.2 Å². The van der Waals surface area contributed by atoms with Crippen molar-refractivity contribution in [3.05, 3.63) is 76.1 Å². The molecule has 170 valence electrons. The fourth-order valence-corrected chi connectivity index (χ4v) is 3.15. The number of amidine groups is 1. The maximum atomic E-state index is 14.1. The number of alkyl halides is 1. The van der Waals surface area contributed by atoms with Crippen LogP contribution in [0.5, 0.6) is 0 Å². The minimum absolute atomic E-state index is 0.0637. The van der Waals surface area contributed by atoms with Crippen LogP contribution in [-0.4, -0.2) is 45.2 Å². The standard InChI is InChI=1S/C21H20F2N8O2/c1-11(20(32)28-15-9-13(15)23)18-29-17(10-16(24)31(18)25-2)27-14-6-4-8-30(21(14)33)19-12(22)5-3-7-26-19/h3-8,10,13,15,24,27,29H,2,9H2,1H3,(H,28,32)/b18-11+,24-16?/t13-,15+/m0/s1. The van der Waals surface area contributed by atoms with Crippen LogP contribution in [-0.2, 0) is 4.79 Å². The van der Waals surface area contributed by atoms with E-state index in [0.717, 1.165) is 9.58 Å². The molecular formula is C21H20F2N8O2. The summed E-state index contributed by atoms with van der Waals surface area (Å²) < 4.78 is 28.3. The second-order valence-corrected chi connectivity index (χ2v) is 7.36. The third-order valence-corrected chi connectivity index (χ3v) is 5.02. The fourth-order valence-electron chi connectivity index (χ4n) is 3.15. The zero-order chi connectivity index (χ0) is 23.7. The molecule has 2 aliphatic rings. The molecule has 3 heterocycles. The van der Waals surface area contributed by atoms with Crippen molar-refractivity contribution in [2.45, 2.75) is 25.6 Å². The molecule has 2 atom stereocenters. The van der Waals surface area contributed by atoms with E-state index in [2.05, 4.69) is 32.8 Å². The third-order valence-electron chi connectivity index (χ3n) is 5.02. The van der Waals surface area contributed by atoms with Crippen molar-refractivity contribution in [2.24, 2.45) is 5.10 Å². The molecule has 0 saturated heterocycles. The van der Waals surface area contributed by atoms with Gasteiger partial charge in [0.05, 0.1) is 11.6 Å². The summed E-state index contributed by atoms with van der Waals surface area (Å²) in [6, 6.07) is 5.07. The van der Waals surface area contributed by atoms with Crippen LogP contribution in [0.4, 0.5) is 14.5 Å². The predicted octanol–water partition coefficient (Wildman–Crippen LogP) is 1.58. The molecule has 12 heteroatoms. The SMILES string of the molecule is C=NN1C(=N)C=C(Nc2cccn(-c3ncccc3F)c2=O)N/C1=C(/C)C(=O)N[C@@H]1C[C@@H]1F. The van der Waals surface area contributed by atoms with Crippen LogP contribution in [0.25, 0.3) is 5.82 Å². The first kappa shape index (κ1) is 21.9. The molecule has 2 aromatic heterocycles. The normalized spacial score (nSPS) is 21.0. The van der Waals surface area contributed by atoms with Gasteiger partial charge in [0.15, 0.2) is 17.5 Å². The number of nitrogens with zero attached hydrogens (tertiary/aromatic N) is 4. The number of halogens is 2. The number of pyridine rings is 2. The van der Waals surface area contributed by atoms with Gasteiger partial charge >= 0.3 is 0 Å². The van der Waals surface area contributed by atoms with E-state index in [4.69, 9.17) is 5.41 Å². The minimum Gasteiger partial charge on any atom is -0.346 e. The Hall–Kier alpha value is -4.35. The third kappa shape index (κ3) is 4.35. The van der Waals surface area contributed by atoms with Crippen molar-refractivity contribution in [3.8, 4) is 5.82 Å². The molecule has 1 aliphatic heterocycles. The van der Waals surface area contributed by atoms with Crippen LogP contribution in [0.2, 0.25) is 0 Å². The monoisotopic (exact) mass is 454 g/mol. The highest BCUT2D eigenvalue weighted by Gasteiger charge is 2.39. The summed E-state index contributed by atoms with van der Waals surface area (Å²) in [7, 11) is 0. The molecule has 4 N–H and O–H groups in total. The van der Waals surface area contributed by atoms with E-state index in [9.17, 15) is 18.4 Å². The quantitative estimate of drug-likeness (QED) is 0.388. The Kier molecular flexibility index (Phi) is 5.73. The van der Waals surface area contributed by atoms with Crippen molar-refractivity contribution in [3.63, 3.8) is 0 Å². The molecule has 4 rings (SSSR count). The summed E-state index contributed by atoms with van der Waals surface area (Å²) in [4.78, 5) is 29.3. The first-order valence-electron chi connectivity index (χ1n) is 9.89. The number of carbonyl (C=O) groups is 1. The first-order chi connectivity index (χ1) is 15.8. The Bertz CT molecular complexity index is 1270. The van der Waals surface area contributed by atoms with Gasteiger partial charge in [-0.05, 0) is 31.2 Å². The van der Waals surface area contributed by atoms with E-state index in [0.29, 0.717) is 0 Å². The lowest BCUT2D eigenvalue weighted by Crippen LogP contribution is -2.42. The van der Waals surface area contributed by atoms with E-state index >= 15 is 0 Å². The molecule has 1 saturated carbocycles. The van der Waals surface area contributed by atoms with Crippen LogP contribution in [0.3, 0.4) is 0 Å². The van der Waals surface area contributed by atoms with Gasteiger partial charge < -0.3 is 16.0 Å². The number of rotatable bonds is 6. The number of aromatic nitrogens is 2. The van der Waals surface area contributed by atoms with Gasteiger partial charge in [0.2, 0.25) is 0 Å². The second kappa shape index (κ2) is 8.65. The molecule has 10 nitrogen and oxygen atoms in total. The highest BCUT2D eigenvalue weighted by atomic mass is 19.1. The number of hydrogen-bond acceptors (Lipinski definition) is 7. The number of hydrazone groups is 1. The van der Waals surface area contributed by atoms with Crippen molar-refractivity contribution in [1.82, 2.24) is 25.2 Å². The highest BCUT2D eigenvalue weighted by molar-refractivity contribution is 5.98. The molecule has 0 unspecified atom stereocenters. The lowest BCUT2D eigenvalue weighted by atomic mass is 10.2. The summed E-state index contributed by atoms with van der Waals surface area (Å²) >= 11 is 0. The fraction of sp³-hybridized carbons (Fsp3) is 0.190. The smallest absolute Gasteiger partial charge is 0.280 e. The van der Waals surface area contributed by atoms with Gasteiger partial charge in [-0.25, -0.2) is 13.8 Å². The number of hydrogen-bond donors (Lipinski definition) is 4. The maximum absolute atomic E-state index is 14.1. The zero-order valence-electron chi connectivity index (χ0n) is 17.5. The van der Waals surface area contributed by atoms with Crippen LogP contribution in [0.1, 0.15) is 13.3 Å². The van der Waals surface area contributed by atoms with E-state index in [-0.39, 0.29) is 41.0 Å². The van der Waals surface area contributed by atoms with Crippen molar-refractivity contribution in [1.29, 1.82) is 5.41 Å². The van der Waals surface area contributed by atoms with Gasteiger partial charge in [-0.3, -0.25) is 19.6 Å². The molecule has 0 aromatic carbocycles. The summed E-state index contributed by atoms with van der Waals surface area (Å²) in [6.07, 6.45) is 3.26. The number of nitrogens with one attached hydrogen (secondary N) is 4. The van der Waals surface area contributed by atoms with Crippen molar-refractivity contribution in [2.75, 3.05) is 5.32 Å². The molecular weight excluding hydrogens is 434 g/mol. The molecule has 1 aliphatic carbocycles. The number of anilines is 1. The Morgan fingerprint density at radius 2 is 2.15 bits per heavy atom. The molecule has 1 fully saturated rings. The van der Waals surface area contributed by atoms with Gasteiger partial charge in [-0.1, -0.05) is 0 Å². The van der Waals surface area contributed by atoms with E-state index < -0.39 is 29.5 Å². The maximum Gasteiger partial charge on any atom is 0.280 e. The first-order valence-corrected chi connectivity index (χ1v) is 9.89. The molecule has 33 heavy (non-hydrogen) atoms. The Morgan fingerprint density at radius 3 is 2.82 bits per heavy atom. The highest BCUT2D eigenvalue weighted by Crippen LogP contribution is 2.26. The average molecular weight is 454 g/mol. The average Bonchev–Trinajstić information content (AvgIpc) is 3.49. The summed E-state index contributed by atoms with van der Waals surface area (Å²) in [5, 5.41) is 21.4. The topological polar surface area (TPSA) is 128 Å². The second-order valence-electron chi connectivity index (χ2n) is 7.36. The van der Waals surface area contributed by atoms with Gasteiger partial charge in [-0.2, -0.15) is 10.1 Å². The largest absolute Gasteiger partial charge is 0.346 e. The Labute approximate surface area is 186 Å². The van der Waals surface area contributed by atoms with Crippen LogP contribution in [0.15, 0.2) is 69.8 Å². The molecule has 1 amide bonds. The summed E-state index contributed by atoms with van der Waals surface area (Å²) in [5.41, 5.74) is -0.384. The zero-order valence-corrected chi connectivity index (χ0v) is 17.5. The molecule has 0 radical (unpaired) electrons.